The predicted octanol–water partition coefficient (Wildman–Crippen LogP) is 2.72. The number of amides is 1. The second-order valence-electron chi connectivity index (χ2n) is 6.90. The van der Waals surface area contributed by atoms with Gasteiger partial charge in [-0.25, -0.2) is 0 Å². The van der Waals surface area contributed by atoms with Crippen LogP contribution in [0.5, 0.6) is 5.75 Å². The van der Waals surface area contributed by atoms with Gasteiger partial charge in [-0.15, -0.1) is 24.0 Å². The van der Waals surface area contributed by atoms with Gasteiger partial charge in [-0.2, -0.15) is 0 Å². The molecule has 3 N–H and O–H groups in total. The van der Waals surface area contributed by atoms with Gasteiger partial charge < -0.3 is 20.7 Å². The van der Waals surface area contributed by atoms with Crippen LogP contribution in [-0.2, 0) is 11.2 Å². The average molecular weight is 476 g/mol. The highest BCUT2D eigenvalue weighted by atomic mass is 127. The van der Waals surface area contributed by atoms with Gasteiger partial charge in [0, 0.05) is 19.1 Å². The van der Waals surface area contributed by atoms with Crippen LogP contribution < -0.4 is 20.7 Å². The Hall–Kier alpha value is -1.51. The summed E-state index contributed by atoms with van der Waals surface area (Å²) in [5.41, 5.74) is 0.961. The van der Waals surface area contributed by atoms with E-state index in [-0.39, 0.29) is 42.0 Å². The molecule has 0 heterocycles. The third-order valence-corrected chi connectivity index (χ3v) is 3.23. The minimum atomic E-state index is -0.236. The summed E-state index contributed by atoms with van der Waals surface area (Å²) in [6.45, 7) is 9.60. The average Bonchev–Trinajstić information content (AvgIpc) is 2.55. The van der Waals surface area contributed by atoms with E-state index >= 15 is 0 Å². The molecule has 26 heavy (non-hydrogen) atoms. The molecule has 0 unspecified atom stereocenters. The van der Waals surface area contributed by atoms with E-state index in [1.54, 1.807) is 7.05 Å². The maximum atomic E-state index is 11.8. The predicted molar refractivity (Wildman–Crippen MR) is 119 cm³/mol. The van der Waals surface area contributed by atoms with E-state index in [1.165, 1.54) is 5.56 Å². The Morgan fingerprint density at radius 2 is 1.96 bits per heavy atom. The zero-order chi connectivity index (χ0) is 18.7. The lowest BCUT2D eigenvalue weighted by Gasteiger charge is -2.21. The number of halogens is 1. The third kappa shape index (κ3) is 11.2. The first-order valence-electron chi connectivity index (χ1n) is 8.81. The van der Waals surface area contributed by atoms with E-state index in [2.05, 4.69) is 40.0 Å². The van der Waals surface area contributed by atoms with Crippen LogP contribution in [0.1, 0.15) is 39.7 Å². The van der Waals surface area contributed by atoms with E-state index in [1.807, 2.05) is 32.9 Å². The van der Waals surface area contributed by atoms with Crippen molar-refractivity contribution < 1.29 is 9.53 Å². The van der Waals surface area contributed by atoms with E-state index in [9.17, 15) is 4.79 Å². The van der Waals surface area contributed by atoms with Crippen LogP contribution in [0.3, 0.4) is 0 Å². The molecule has 0 aliphatic rings. The Labute approximate surface area is 174 Å². The lowest BCUT2D eigenvalue weighted by Crippen LogP contribution is -2.48. The summed E-state index contributed by atoms with van der Waals surface area (Å²) >= 11 is 0. The smallest absolute Gasteiger partial charge is 0.239 e. The molecule has 0 bridgehead atoms. The first kappa shape index (κ1) is 24.5. The zero-order valence-electron chi connectivity index (χ0n) is 16.5. The number of nitrogens with one attached hydrogen (secondary N) is 3. The number of hydrogen-bond donors (Lipinski definition) is 3. The van der Waals surface area contributed by atoms with Gasteiger partial charge in [-0.05, 0) is 51.3 Å². The van der Waals surface area contributed by atoms with Gasteiger partial charge in [0.1, 0.15) is 5.75 Å². The maximum Gasteiger partial charge on any atom is 0.239 e. The second kappa shape index (κ2) is 12.8. The number of ether oxygens (including phenoxy) is 1. The molecule has 0 radical (unpaired) electrons. The molecular formula is C19H33IN4O2. The topological polar surface area (TPSA) is 74.8 Å². The van der Waals surface area contributed by atoms with E-state index in [0.717, 1.165) is 31.7 Å². The Balaban J connectivity index is 0.00000625. The first-order chi connectivity index (χ1) is 11.8. The third-order valence-electron chi connectivity index (χ3n) is 3.23. The molecule has 1 aromatic rings. The van der Waals surface area contributed by atoms with Gasteiger partial charge in [0.25, 0.3) is 0 Å². The Morgan fingerprint density at radius 3 is 2.58 bits per heavy atom. The van der Waals surface area contributed by atoms with Gasteiger partial charge in [0.05, 0.1) is 13.2 Å². The molecule has 1 rings (SSSR count). The van der Waals surface area contributed by atoms with Crippen molar-refractivity contribution in [2.24, 2.45) is 4.99 Å². The normalized spacial score (nSPS) is 11.3. The minimum absolute atomic E-state index is 0. The fraction of sp³-hybridized carbons (Fsp3) is 0.579. The number of guanidine groups is 1. The summed E-state index contributed by atoms with van der Waals surface area (Å²) in [5.74, 6) is 1.46. The Bertz CT molecular complexity index is 571. The monoisotopic (exact) mass is 476 g/mol. The van der Waals surface area contributed by atoms with Crippen LogP contribution >= 0.6 is 24.0 Å². The molecule has 0 atom stereocenters. The number of benzene rings is 1. The van der Waals surface area contributed by atoms with Crippen molar-refractivity contribution in [2.75, 3.05) is 26.7 Å². The van der Waals surface area contributed by atoms with Gasteiger partial charge in [-0.3, -0.25) is 9.79 Å². The molecule has 0 spiro atoms. The van der Waals surface area contributed by atoms with Crippen molar-refractivity contribution >= 4 is 35.8 Å². The summed E-state index contributed by atoms with van der Waals surface area (Å²) in [4.78, 5) is 16.0. The zero-order valence-corrected chi connectivity index (χ0v) is 18.8. The molecule has 148 valence electrons. The number of carbonyl (C=O) groups is 1. The fourth-order valence-corrected chi connectivity index (χ4v) is 2.18. The molecule has 0 saturated heterocycles. The van der Waals surface area contributed by atoms with Crippen molar-refractivity contribution in [3.63, 3.8) is 0 Å². The van der Waals surface area contributed by atoms with Crippen molar-refractivity contribution in [3.05, 3.63) is 29.8 Å². The van der Waals surface area contributed by atoms with Crippen molar-refractivity contribution in [2.45, 2.75) is 46.1 Å². The maximum absolute atomic E-state index is 11.8. The molecule has 0 aliphatic carbocycles. The largest absolute Gasteiger partial charge is 0.494 e. The molecule has 0 aliphatic heterocycles. The minimum Gasteiger partial charge on any atom is -0.494 e. The molecular weight excluding hydrogens is 443 g/mol. The molecule has 7 heteroatoms. The second-order valence-corrected chi connectivity index (χ2v) is 6.90. The summed E-state index contributed by atoms with van der Waals surface area (Å²) in [6.07, 6.45) is 1.84. The molecule has 6 nitrogen and oxygen atoms in total. The van der Waals surface area contributed by atoms with Crippen molar-refractivity contribution in [3.8, 4) is 5.75 Å². The van der Waals surface area contributed by atoms with Crippen LogP contribution in [-0.4, -0.2) is 44.1 Å². The van der Waals surface area contributed by atoms with Crippen LogP contribution in [0.4, 0.5) is 0 Å². The Morgan fingerprint density at radius 1 is 1.23 bits per heavy atom. The van der Waals surface area contributed by atoms with Gasteiger partial charge in [0.2, 0.25) is 5.91 Å². The number of hydrogen-bond acceptors (Lipinski definition) is 3. The lowest BCUT2D eigenvalue weighted by molar-refractivity contribution is -0.121. The van der Waals surface area contributed by atoms with Gasteiger partial charge in [-0.1, -0.05) is 19.1 Å². The van der Waals surface area contributed by atoms with Crippen LogP contribution in [0.25, 0.3) is 0 Å². The molecule has 1 amide bonds. The highest BCUT2D eigenvalue weighted by molar-refractivity contribution is 14.0. The van der Waals surface area contributed by atoms with Gasteiger partial charge in [0.15, 0.2) is 5.96 Å². The Kier molecular flexibility index (Phi) is 12.0. The highest BCUT2D eigenvalue weighted by Crippen LogP contribution is 2.13. The van der Waals surface area contributed by atoms with Gasteiger partial charge >= 0.3 is 0 Å². The fourth-order valence-electron chi connectivity index (χ4n) is 2.18. The molecule has 0 fully saturated rings. The molecule has 0 saturated carbocycles. The number of rotatable bonds is 8. The standard InChI is InChI=1S/C19H32N4O2.HI/c1-6-12-25-16-9-7-8-15(13-16)10-11-21-18(20-5)22-14-17(24)23-19(2,3)4;/h7-9,13H,6,10-12,14H2,1-5H3,(H,23,24)(H2,20,21,22);1H. The van der Waals surface area contributed by atoms with E-state index < -0.39 is 0 Å². The van der Waals surface area contributed by atoms with Crippen LogP contribution in [0, 0.1) is 0 Å². The van der Waals surface area contributed by atoms with Crippen molar-refractivity contribution in [1.82, 2.24) is 16.0 Å². The highest BCUT2D eigenvalue weighted by Gasteiger charge is 2.13. The van der Waals surface area contributed by atoms with Crippen LogP contribution in [0.2, 0.25) is 0 Å². The summed E-state index contributed by atoms with van der Waals surface area (Å²) in [5, 5.41) is 9.14. The molecule has 0 aromatic heterocycles. The first-order valence-corrected chi connectivity index (χ1v) is 8.81. The van der Waals surface area contributed by atoms with Crippen LogP contribution in [0.15, 0.2) is 29.3 Å². The number of aliphatic imine (C=N–C) groups is 1. The van der Waals surface area contributed by atoms with Crippen molar-refractivity contribution in [1.29, 1.82) is 0 Å². The molecule has 1 aromatic carbocycles. The number of nitrogens with zero attached hydrogens (tertiary/aromatic N) is 1. The summed E-state index contributed by atoms with van der Waals surface area (Å²) in [6, 6.07) is 8.11. The quantitative estimate of drug-likeness (QED) is 0.307. The number of carbonyl (C=O) groups excluding carboxylic acids is 1. The SMILES string of the molecule is CCCOc1cccc(CCNC(=NC)NCC(=O)NC(C)(C)C)c1.I. The van der Waals surface area contributed by atoms with E-state index in [0.29, 0.717) is 5.96 Å². The summed E-state index contributed by atoms with van der Waals surface area (Å²) < 4.78 is 5.65. The summed E-state index contributed by atoms with van der Waals surface area (Å²) in [7, 11) is 1.69. The van der Waals surface area contributed by atoms with E-state index in [4.69, 9.17) is 4.74 Å². The lowest BCUT2D eigenvalue weighted by atomic mass is 10.1.